The second kappa shape index (κ2) is 4.29. The summed E-state index contributed by atoms with van der Waals surface area (Å²) in [5.41, 5.74) is 1.57. The smallest absolute Gasteiger partial charge is 0.0359 e. The lowest BCUT2D eigenvalue weighted by Crippen LogP contribution is -2.47. The molecule has 3 nitrogen and oxygen atoms in total. The van der Waals surface area contributed by atoms with Crippen LogP contribution in [0, 0.1) is 0 Å². The van der Waals surface area contributed by atoms with E-state index in [2.05, 4.69) is 35.4 Å². The van der Waals surface area contributed by atoms with Crippen LogP contribution in [0.2, 0.25) is 0 Å². The van der Waals surface area contributed by atoms with Gasteiger partial charge in [0, 0.05) is 24.5 Å². The minimum Gasteiger partial charge on any atom is -0.313 e. The van der Waals surface area contributed by atoms with Crippen molar-refractivity contribution in [2.45, 2.75) is 18.4 Å². The molecule has 0 spiro atoms. The average molecular weight is 205 g/mol. The first-order chi connectivity index (χ1) is 7.24. The van der Waals surface area contributed by atoms with Gasteiger partial charge in [0.1, 0.15) is 0 Å². The van der Waals surface area contributed by atoms with Crippen LogP contribution in [-0.4, -0.2) is 42.6 Å². The van der Waals surface area contributed by atoms with E-state index in [0.717, 1.165) is 13.0 Å². The fourth-order valence-corrected chi connectivity index (χ4v) is 2.41. The molecule has 1 fully saturated rings. The third-order valence-electron chi connectivity index (χ3n) is 3.34. The lowest BCUT2D eigenvalue weighted by molar-refractivity contribution is 0.326. The summed E-state index contributed by atoms with van der Waals surface area (Å²) in [6.07, 6.45) is 6.09. The van der Waals surface area contributed by atoms with Gasteiger partial charge in [-0.15, -0.1) is 0 Å². The summed E-state index contributed by atoms with van der Waals surface area (Å²) in [7, 11) is 4.25. The molecule has 0 aliphatic carbocycles. The lowest BCUT2D eigenvalue weighted by Gasteiger charge is -2.28. The van der Waals surface area contributed by atoms with E-state index in [4.69, 9.17) is 0 Å². The molecule has 0 radical (unpaired) electrons. The van der Waals surface area contributed by atoms with E-state index >= 15 is 0 Å². The van der Waals surface area contributed by atoms with Crippen molar-refractivity contribution >= 4 is 0 Å². The highest BCUT2D eigenvalue weighted by atomic mass is 15.2. The third kappa shape index (κ3) is 2.36. The fraction of sp³-hybridized carbons (Fsp3) is 0.583. The van der Waals surface area contributed by atoms with Crippen LogP contribution >= 0.6 is 0 Å². The molecule has 2 heterocycles. The molecule has 15 heavy (non-hydrogen) atoms. The molecule has 1 unspecified atom stereocenters. The van der Waals surface area contributed by atoms with Crippen LogP contribution in [0.5, 0.6) is 0 Å². The molecule has 0 amide bonds. The van der Waals surface area contributed by atoms with Crippen LogP contribution in [0.1, 0.15) is 12.0 Å². The Morgan fingerprint density at radius 1 is 1.60 bits per heavy atom. The summed E-state index contributed by atoms with van der Waals surface area (Å²) in [6, 6.07) is 4.17. The molecular formula is C12H19N3. The Balaban J connectivity index is 2.09. The van der Waals surface area contributed by atoms with Crippen molar-refractivity contribution in [2.24, 2.45) is 0 Å². The molecule has 1 aliphatic rings. The minimum absolute atomic E-state index is 0.248. The van der Waals surface area contributed by atoms with E-state index in [1.165, 1.54) is 18.5 Å². The fourth-order valence-electron chi connectivity index (χ4n) is 2.41. The van der Waals surface area contributed by atoms with Crippen LogP contribution in [0.4, 0.5) is 0 Å². The van der Waals surface area contributed by atoms with Gasteiger partial charge in [-0.05, 0) is 45.1 Å². The Kier molecular flexibility index (Phi) is 3.03. The van der Waals surface area contributed by atoms with E-state index in [0.29, 0.717) is 0 Å². The lowest BCUT2D eigenvalue weighted by atomic mass is 9.91. The van der Waals surface area contributed by atoms with Crippen LogP contribution in [-0.2, 0) is 6.42 Å². The highest BCUT2D eigenvalue weighted by Gasteiger charge is 2.34. The van der Waals surface area contributed by atoms with E-state index in [1.54, 1.807) is 0 Å². The molecule has 0 aromatic carbocycles. The van der Waals surface area contributed by atoms with Gasteiger partial charge in [0.15, 0.2) is 0 Å². The van der Waals surface area contributed by atoms with Gasteiger partial charge in [-0.1, -0.05) is 6.07 Å². The van der Waals surface area contributed by atoms with E-state index in [9.17, 15) is 0 Å². The molecular weight excluding hydrogens is 186 g/mol. The first-order valence-corrected chi connectivity index (χ1v) is 5.50. The Morgan fingerprint density at radius 3 is 3.00 bits per heavy atom. The zero-order valence-corrected chi connectivity index (χ0v) is 9.53. The quantitative estimate of drug-likeness (QED) is 0.795. The molecule has 1 saturated heterocycles. The largest absolute Gasteiger partial charge is 0.313 e. The molecule has 0 saturated carbocycles. The maximum atomic E-state index is 4.17. The van der Waals surface area contributed by atoms with Gasteiger partial charge < -0.3 is 10.2 Å². The van der Waals surface area contributed by atoms with Crippen LogP contribution in [0.15, 0.2) is 24.5 Å². The molecule has 1 aromatic rings. The van der Waals surface area contributed by atoms with Gasteiger partial charge in [0.25, 0.3) is 0 Å². The Bertz CT molecular complexity index is 312. The third-order valence-corrected chi connectivity index (χ3v) is 3.34. The van der Waals surface area contributed by atoms with Crippen molar-refractivity contribution in [3.63, 3.8) is 0 Å². The number of aromatic nitrogens is 1. The van der Waals surface area contributed by atoms with Crippen LogP contribution in [0.25, 0.3) is 0 Å². The molecule has 1 aliphatic heterocycles. The molecule has 82 valence electrons. The monoisotopic (exact) mass is 205 g/mol. The predicted molar refractivity (Wildman–Crippen MR) is 61.8 cm³/mol. The zero-order valence-electron chi connectivity index (χ0n) is 9.53. The van der Waals surface area contributed by atoms with E-state index < -0.39 is 0 Å². The summed E-state index contributed by atoms with van der Waals surface area (Å²) < 4.78 is 0. The molecule has 1 atom stereocenters. The predicted octanol–water partition coefficient (Wildman–Crippen LogP) is 0.918. The van der Waals surface area contributed by atoms with Crippen molar-refractivity contribution in [3.8, 4) is 0 Å². The second-order valence-electron chi connectivity index (χ2n) is 4.56. The van der Waals surface area contributed by atoms with Crippen molar-refractivity contribution in [3.05, 3.63) is 30.1 Å². The van der Waals surface area contributed by atoms with E-state index in [-0.39, 0.29) is 5.54 Å². The molecule has 0 bridgehead atoms. The second-order valence-corrected chi connectivity index (χ2v) is 4.56. The maximum Gasteiger partial charge on any atom is 0.0359 e. The zero-order chi connectivity index (χ0) is 10.7. The Hall–Kier alpha value is -0.930. The first-order valence-electron chi connectivity index (χ1n) is 5.50. The van der Waals surface area contributed by atoms with Gasteiger partial charge in [-0.25, -0.2) is 0 Å². The van der Waals surface area contributed by atoms with Crippen molar-refractivity contribution in [1.29, 1.82) is 0 Å². The summed E-state index contributed by atoms with van der Waals surface area (Å²) >= 11 is 0. The highest BCUT2D eigenvalue weighted by molar-refractivity contribution is 5.15. The number of hydrogen-bond acceptors (Lipinski definition) is 3. The minimum atomic E-state index is 0.248. The number of nitrogens with zero attached hydrogens (tertiary/aromatic N) is 2. The first kappa shape index (κ1) is 10.6. The van der Waals surface area contributed by atoms with Crippen molar-refractivity contribution in [1.82, 2.24) is 15.2 Å². The summed E-state index contributed by atoms with van der Waals surface area (Å²) in [4.78, 5) is 6.55. The van der Waals surface area contributed by atoms with Crippen LogP contribution < -0.4 is 5.32 Å². The van der Waals surface area contributed by atoms with Gasteiger partial charge in [0.2, 0.25) is 0 Å². The molecule has 1 aromatic heterocycles. The van der Waals surface area contributed by atoms with Crippen LogP contribution in [0.3, 0.4) is 0 Å². The van der Waals surface area contributed by atoms with Crippen molar-refractivity contribution in [2.75, 3.05) is 27.2 Å². The standard InChI is InChI=1S/C12H19N3/c1-13-12(5-7-15(2)10-12)8-11-4-3-6-14-9-11/h3-4,6,9,13H,5,7-8,10H2,1-2H3. The van der Waals surface area contributed by atoms with Crippen molar-refractivity contribution < 1.29 is 0 Å². The normalized spacial score (nSPS) is 27.1. The molecule has 3 heteroatoms. The summed E-state index contributed by atoms with van der Waals surface area (Å²) in [5, 5.41) is 3.49. The number of likely N-dealkylation sites (N-methyl/N-ethyl adjacent to an activating group) is 2. The van der Waals surface area contributed by atoms with E-state index in [1.807, 2.05) is 18.5 Å². The van der Waals surface area contributed by atoms with Gasteiger partial charge >= 0.3 is 0 Å². The maximum absolute atomic E-state index is 4.17. The topological polar surface area (TPSA) is 28.2 Å². The van der Waals surface area contributed by atoms with Gasteiger partial charge in [0.05, 0.1) is 0 Å². The summed E-state index contributed by atoms with van der Waals surface area (Å²) in [6.45, 7) is 2.31. The average Bonchev–Trinajstić information content (AvgIpc) is 2.62. The molecule has 2 rings (SSSR count). The Labute approximate surface area is 91.5 Å². The number of rotatable bonds is 3. The van der Waals surface area contributed by atoms with Gasteiger partial charge in [-0.3, -0.25) is 4.98 Å². The highest BCUT2D eigenvalue weighted by Crippen LogP contribution is 2.23. The van der Waals surface area contributed by atoms with Gasteiger partial charge in [-0.2, -0.15) is 0 Å². The summed E-state index contributed by atoms with van der Waals surface area (Å²) in [5.74, 6) is 0. The Morgan fingerprint density at radius 2 is 2.47 bits per heavy atom. The molecule has 1 N–H and O–H groups in total. The number of nitrogens with one attached hydrogen (secondary N) is 1. The number of likely N-dealkylation sites (tertiary alicyclic amines) is 1. The number of hydrogen-bond donors (Lipinski definition) is 1. The SMILES string of the molecule is CNC1(Cc2cccnc2)CCN(C)C1. The number of pyridine rings is 1.